The number of hydrogen-bond donors (Lipinski definition) is 2. The zero-order valence-corrected chi connectivity index (χ0v) is 11.4. The standard InChI is InChI=1S/C10H13BrClN3O/c1-10(2,4-8(13)16)15-9-7(11)3-6(12)5-14-9/h3,5H,4H2,1-2H3,(H2,13,16)(H,14,15). The Kier molecular flexibility index (Phi) is 4.15. The van der Waals surface area contributed by atoms with Crippen LogP contribution in [0.3, 0.4) is 0 Å². The minimum Gasteiger partial charge on any atom is -0.370 e. The molecule has 0 aromatic carbocycles. The summed E-state index contributed by atoms with van der Waals surface area (Å²) in [5.74, 6) is 0.276. The fourth-order valence-corrected chi connectivity index (χ4v) is 2.04. The van der Waals surface area contributed by atoms with Gasteiger partial charge < -0.3 is 11.1 Å². The average molecular weight is 307 g/mol. The van der Waals surface area contributed by atoms with Gasteiger partial charge in [-0.3, -0.25) is 4.79 Å². The number of anilines is 1. The van der Waals surface area contributed by atoms with E-state index in [0.29, 0.717) is 10.8 Å². The van der Waals surface area contributed by atoms with Crippen LogP contribution in [0, 0.1) is 0 Å². The van der Waals surface area contributed by atoms with Gasteiger partial charge in [-0.05, 0) is 35.8 Å². The van der Waals surface area contributed by atoms with E-state index in [9.17, 15) is 4.79 Å². The molecule has 0 fully saturated rings. The second-order valence-electron chi connectivity index (χ2n) is 4.14. The van der Waals surface area contributed by atoms with Gasteiger partial charge in [-0.25, -0.2) is 4.98 Å². The predicted octanol–water partition coefficient (Wildman–Crippen LogP) is 2.56. The fourth-order valence-electron chi connectivity index (χ4n) is 1.31. The van der Waals surface area contributed by atoms with E-state index < -0.39 is 5.54 Å². The van der Waals surface area contributed by atoms with Crippen molar-refractivity contribution in [3.63, 3.8) is 0 Å². The number of carbonyl (C=O) groups excluding carboxylic acids is 1. The highest BCUT2D eigenvalue weighted by atomic mass is 79.9. The molecule has 0 aliphatic carbocycles. The van der Waals surface area contributed by atoms with Crippen LogP contribution in [0.2, 0.25) is 5.02 Å². The molecule has 0 radical (unpaired) electrons. The van der Waals surface area contributed by atoms with Crippen molar-refractivity contribution in [1.82, 2.24) is 4.98 Å². The molecule has 0 spiro atoms. The number of nitrogens with one attached hydrogen (secondary N) is 1. The number of primary amides is 1. The van der Waals surface area contributed by atoms with Gasteiger partial charge in [0.25, 0.3) is 0 Å². The molecule has 4 nitrogen and oxygen atoms in total. The Morgan fingerprint density at radius 2 is 2.31 bits per heavy atom. The van der Waals surface area contributed by atoms with Crippen molar-refractivity contribution >= 4 is 39.3 Å². The molecule has 1 heterocycles. The van der Waals surface area contributed by atoms with Crippen LogP contribution in [0.4, 0.5) is 5.82 Å². The minimum absolute atomic E-state index is 0.226. The van der Waals surface area contributed by atoms with Gasteiger partial charge in [0, 0.05) is 18.2 Å². The summed E-state index contributed by atoms with van der Waals surface area (Å²) in [5, 5.41) is 3.67. The number of nitrogens with two attached hydrogens (primary N) is 1. The smallest absolute Gasteiger partial charge is 0.219 e. The van der Waals surface area contributed by atoms with Crippen molar-refractivity contribution in [2.45, 2.75) is 25.8 Å². The third kappa shape index (κ3) is 3.98. The van der Waals surface area contributed by atoms with Crippen molar-refractivity contribution < 1.29 is 4.79 Å². The van der Waals surface area contributed by atoms with Gasteiger partial charge in [-0.2, -0.15) is 0 Å². The van der Waals surface area contributed by atoms with Gasteiger partial charge in [-0.15, -0.1) is 0 Å². The molecule has 1 rings (SSSR count). The van der Waals surface area contributed by atoms with Gasteiger partial charge in [0.2, 0.25) is 5.91 Å². The first kappa shape index (κ1) is 13.3. The number of aromatic nitrogens is 1. The largest absolute Gasteiger partial charge is 0.370 e. The zero-order valence-electron chi connectivity index (χ0n) is 9.05. The first-order valence-corrected chi connectivity index (χ1v) is 5.85. The predicted molar refractivity (Wildman–Crippen MR) is 68.5 cm³/mol. The zero-order chi connectivity index (χ0) is 12.3. The Balaban J connectivity index is 2.83. The number of carbonyl (C=O) groups is 1. The summed E-state index contributed by atoms with van der Waals surface area (Å²) < 4.78 is 0.748. The lowest BCUT2D eigenvalue weighted by molar-refractivity contribution is -0.118. The second-order valence-corrected chi connectivity index (χ2v) is 5.43. The second kappa shape index (κ2) is 5.01. The van der Waals surface area contributed by atoms with Crippen molar-refractivity contribution in [1.29, 1.82) is 0 Å². The molecule has 0 unspecified atom stereocenters. The van der Waals surface area contributed by atoms with Crippen molar-refractivity contribution in [2.75, 3.05) is 5.32 Å². The quantitative estimate of drug-likeness (QED) is 0.898. The summed E-state index contributed by atoms with van der Waals surface area (Å²) in [6.45, 7) is 3.75. The van der Waals surface area contributed by atoms with Gasteiger partial charge in [0.15, 0.2) is 0 Å². The number of rotatable bonds is 4. The van der Waals surface area contributed by atoms with Crippen molar-refractivity contribution in [3.8, 4) is 0 Å². The number of amides is 1. The molecule has 1 amide bonds. The summed E-state index contributed by atoms with van der Waals surface area (Å²) in [6, 6.07) is 1.73. The summed E-state index contributed by atoms with van der Waals surface area (Å²) in [4.78, 5) is 15.0. The van der Waals surface area contributed by atoms with Crippen LogP contribution in [0.15, 0.2) is 16.7 Å². The molecule has 0 aliphatic heterocycles. The molecule has 0 atom stereocenters. The van der Waals surface area contributed by atoms with Gasteiger partial charge in [-0.1, -0.05) is 11.6 Å². The summed E-state index contributed by atoms with van der Waals surface area (Å²) in [7, 11) is 0. The van der Waals surface area contributed by atoms with Crippen LogP contribution >= 0.6 is 27.5 Å². The van der Waals surface area contributed by atoms with E-state index in [1.807, 2.05) is 13.8 Å². The maximum atomic E-state index is 10.9. The molecular formula is C10H13BrClN3O. The van der Waals surface area contributed by atoms with Gasteiger partial charge in [0.1, 0.15) is 5.82 Å². The normalized spacial score (nSPS) is 11.2. The third-order valence-corrected chi connectivity index (χ3v) is 2.69. The van der Waals surface area contributed by atoms with Gasteiger partial charge in [0.05, 0.1) is 9.50 Å². The van der Waals surface area contributed by atoms with E-state index in [2.05, 4.69) is 26.2 Å². The summed E-state index contributed by atoms with van der Waals surface area (Å²) >= 11 is 9.12. The monoisotopic (exact) mass is 305 g/mol. The highest BCUT2D eigenvalue weighted by molar-refractivity contribution is 9.10. The molecule has 0 bridgehead atoms. The number of hydrogen-bond acceptors (Lipinski definition) is 3. The van der Waals surface area contributed by atoms with E-state index in [-0.39, 0.29) is 12.3 Å². The van der Waals surface area contributed by atoms with Crippen LogP contribution in [0.25, 0.3) is 0 Å². The van der Waals surface area contributed by atoms with Crippen LogP contribution in [-0.2, 0) is 4.79 Å². The minimum atomic E-state index is -0.449. The van der Waals surface area contributed by atoms with Gasteiger partial charge >= 0.3 is 0 Å². The number of halogens is 2. The molecular weight excluding hydrogens is 293 g/mol. The highest BCUT2D eigenvalue weighted by Crippen LogP contribution is 2.26. The Hall–Kier alpha value is -0.810. The molecule has 0 aliphatic rings. The number of pyridine rings is 1. The van der Waals surface area contributed by atoms with E-state index in [0.717, 1.165) is 4.47 Å². The lowest BCUT2D eigenvalue weighted by Gasteiger charge is -2.25. The Morgan fingerprint density at radius 1 is 1.69 bits per heavy atom. The molecule has 0 saturated heterocycles. The van der Waals surface area contributed by atoms with E-state index in [4.69, 9.17) is 17.3 Å². The maximum Gasteiger partial charge on any atom is 0.219 e. The molecule has 16 heavy (non-hydrogen) atoms. The number of nitrogens with zero attached hydrogens (tertiary/aromatic N) is 1. The van der Waals surface area contributed by atoms with E-state index in [1.165, 1.54) is 6.20 Å². The highest BCUT2D eigenvalue weighted by Gasteiger charge is 2.21. The Morgan fingerprint density at radius 3 is 2.81 bits per heavy atom. The summed E-state index contributed by atoms with van der Waals surface area (Å²) in [5.41, 5.74) is 4.71. The van der Waals surface area contributed by atoms with E-state index >= 15 is 0 Å². The fraction of sp³-hybridized carbons (Fsp3) is 0.400. The molecule has 1 aromatic heterocycles. The Bertz CT molecular complexity index is 409. The first-order chi connectivity index (χ1) is 7.30. The summed E-state index contributed by atoms with van der Waals surface area (Å²) in [6.07, 6.45) is 1.76. The van der Waals surface area contributed by atoms with Crippen LogP contribution in [-0.4, -0.2) is 16.4 Å². The lowest BCUT2D eigenvalue weighted by atomic mass is 10.0. The molecule has 88 valence electrons. The van der Waals surface area contributed by atoms with Crippen LogP contribution in [0.1, 0.15) is 20.3 Å². The molecule has 3 N–H and O–H groups in total. The Labute approximate surface area is 108 Å². The van der Waals surface area contributed by atoms with Crippen molar-refractivity contribution in [2.24, 2.45) is 5.73 Å². The topological polar surface area (TPSA) is 68.0 Å². The van der Waals surface area contributed by atoms with Crippen LogP contribution in [0.5, 0.6) is 0 Å². The molecule has 6 heteroatoms. The maximum absolute atomic E-state index is 10.9. The SMILES string of the molecule is CC(C)(CC(N)=O)Nc1ncc(Cl)cc1Br. The molecule has 0 saturated carbocycles. The van der Waals surface area contributed by atoms with Crippen LogP contribution < -0.4 is 11.1 Å². The van der Waals surface area contributed by atoms with E-state index in [1.54, 1.807) is 6.07 Å². The average Bonchev–Trinajstić information content (AvgIpc) is 2.07. The lowest BCUT2D eigenvalue weighted by Crippen LogP contribution is -2.36. The van der Waals surface area contributed by atoms with Crippen molar-refractivity contribution in [3.05, 3.63) is 21.8 Å². The third-order valence-electron chi connectivity index (χ3n) is 1.88. The molecule has 1 aromatic rings. The first-order valence-electron chi connectivity index (χ1n) is 4.68.